The van der Waals surface area contributed by atoms with Gasteiger partial charge in [0.25, 0.3) is 0 Å². The zero-order valence-electron chi connectivity index (χ0n) is 14.0. The molecule has 0 bridgehead atoms. The lowest BCUT2D eigenvalue weighted by atomic mass is 9.99. The van der Waals surface area contributed by atoms with Gasteiger partial charge in [-0.15, -0.1) is 0 Å². The lowest BCUT2D eigenvalue weighted by Crippen LogP contribution is -2.37. The highest BCUT2D eigenvalue weighted by Gasteiger charge is 2.19. The van der Waals surface area contributed by atoms with E-state index in [0.29, 0.717) is 13.0 Å². The van der Waals surface area contributed by atoms with E-state index < -0.39 is 0 Å². The largest absolute Gasteiger partial charge is 0.494 e. The molecule has 0 aromatic heterocycles. The molecule has 1 fully saturated rings. The second kappa shape index (κ2) is 8.82. The lowest BCUT2D eigenvalue weighted by Gasteiger charge is -2.30. The zero-order valence-corrected chi connectivity index (χ0v) is 14.0. The average molecular weight is 303 g/mol. The number of hydrogen-bond donors (Lipinski definition) is 0. The van der Waals surface area contributed by atoms with Crippen molar-refractivity contribution in [3.05, 3.63) is 29.8 Å². The first-order valence-corrected chi connectivity index (χ1v) is 8.68. The molecule has 122 valence electrons. The van der Waals surface area contributed by atoms with Crippen LogP contribution in [0.3, 0.4) is 0 Å². The van der Waals surface area contributed by atoms with Crippen LogP contribution in [0.2, 0.25) is 0 Å². The molecule has 0 aliphatic carbocycles. The SMILES string of the molecule is CCCc1ccc(OCCCC(=O)N2CCC(C)CC2)cc1. The van der Waals surface area contributed by atoms with E-state index in [2.05, 4.69) is 26.0 Å². The van der Waals surface area contributed by atoms with Crippen LogP contribution in [0.25, 0.3) is 0 Å². The third-order valence-electron chi connectivity index (χ3n) is 4.40. The van der Waals surface area contributed by atoms with Gasteiger partial charge in [0.05, 0.1) is 6.61 Å². The van der Waals surface area contributed by atoms with Gasteiger partial charge in [-0.1, -0.05) is 32.4 Å². The van der Waals surface area contributed by atoms with Crippen molar-refractivity contribution in [3.8, 4) is 5.75 Å². The van der Waals surface area contributed by atoms with E-state index in [4.69, 9.17) is 4.74 Å². The summed E-state index contributed by atoms with van der Waals surface area (Å²) in [6.45, 7) is 6.93. The van der Waals surface area contributed by atoms with Gasteiger partial charge in [-0.2, -0.15) is 0 Å². The number of hydrogen-bond acceptors (Lipinski definition) is 2. The van der Waals surface area contributed by atoms with E-state index in [1.807, 2.05) is 17.0 Å². The minimum absolute atomic E-state index is 0.286. The molecule has 0 saturated carbocycles. The molecule has 0 radical (unpaired) electrons. The molecule has 1 heterocycles. The molecule has 1 aliphatic rings. The van der Waals surface area contributed by atoms with Crippen molar-refractivity contribution in [1.82, 2.24) is 4.90 Å². The Labute approximate surface area is 134 Å². The van der Waals surface area contributed by atoms with Crippen LogP contribution in [0, 0.1) is 5.92 Å². The fraction of sp³-hybridized carbons (Fsp3) is 0.632. The quantitative estimate of drug-likeness (QED) is 0.711. The van der Waals surface area contributed by atoms with Crippen LogP contribution >= 0.6 is 0 Å². The van der Waals surface area contributed by atoms with Crippen LogP contribution in [0.15, 0.2) is 24.3 Å². The molecule has 3 heteroatoms. The molecule has 22 heavy (non-hydrogen) atoms. The summed E-state index contributed by atoms with van der Waals surface area (Å²) in [5, 5.41) is 0. The molecule has 1 saturated heterocycles. The topological polar surface area (TPSA) is 29.5 Å². The lowest BCUT2D eigenvalue weighted by molar-refractivity contribution is -0.132. The fourth-order valence-electron chi connectivity index (χ4n) is 2.87. The van der Waals surface area contributed by atoms with Crippen molar-refractivity contribution in [3.63, 3.8) is 0 Å². The second-order valence-electron chi connectivity index (χ2n) is 6.41. The van der Waals surface area contributed by atoms with Crippen LogP contribution in [0.5, 0.6) is 5.75 Å². The summed E-state index contributed by atoms with van der Waals surface area (Å²) >= 11 is 0. The minimum atomic E-state index is 0.286. The number of nitrogens with zero attached hydrogens (tertiary/aromatic N) is 1. The predicted molar refractivity (Wildman–Crippen MR) is 90.1 cm³/mol. The molecule has 0 atom stereocenters. The van der Waals surface area contributed by atoms with Crippen molar-refractivity contribution >= 4 is 5.91 Å². The third-order valence-corrected chi connectivity index (χ3v) is 4.40. The van der Waals surface area contributed by atoms with Crippen LogP contribution in [-0.4, -0.2) is 30.5 Å². The van der Waals surface area contributed by atoms with Gasteiger partial charge in [-0.3, -0.25) is 4.79 Å². The Balaban J connectivity index is 1.63. The number of carbonyl (C=O) groups excluding carboxylic acids is 1. The number of carbonyl (C=O) groups is 1. The van der Waals surface area contributed by atoms with Crippen molar-refractivity contribution in [2.45, 2.75) is 52.4 Å². The van der Waals surface area contributed by atoms with Gasteiger partial charge in [0, 0.05) is 19.5 Å². The van der Waals surface area contributed by atoms with Crippen molar-refractivity contribution < 1.29 is 9.53 Å². The monoisotopic (exact) mass is 303 g/mol. The number of likely N-dealkylation sites (tertiary alicyclic amines) is 1. The molecule has 2 rings (SSSR count). The van der Waals surface area contributed by atoms with Gasteiger partial charge < -0.3 is 9.64 Å². The van der Waals surface area contributed by atoms with Crippen molar-refractivity contribution in [2.24, 2.45) is 5.92 Å². The normalized spacial score (nSPS) is 15.8. The van der Waals surface area contributed by atoms with Gasteiger partial charge in [0.2, 0.25) is 5.91 Å². The number of amides is 1. The standard InChI is InChI=1S/C19H29NO2/c1-3-5-17-7-9-18(10-8-17)22-15-4-6-19(21)20-13-11-16(2)12-14-20/h7-10,16H,3-6,11-15H2,1-2H3. The molecule has 1 aliphatic heterocycles. The maximum absolute atomic E-state index is 12.1. The minimum Gasteiger partial charge on any atom is -0.494 e. The Hall–Kier alpha value is -1.51. The molecular formula is C19H29NO2. The highest BCUT2D eigenvalue weighted by molar-refractivity contribution is 5.76. The first-order chi connectivity index (χ1) is 10.7. The van der Waals surface area contributed by atoms with Crippen LogP contribution in [-0.2, 0) is 11.2 Å². The van der Waals surface area contributed by atoms with Crippen LogP contribution in [0.4, 0.5) is 0 Å². The third kappa shape index (κ3) is 5.36. The molecule has 1 aromatic carbocycles. The molecule has 0 N–H and O–H groups in total. The maximum Gasteiger partial charge on any atom is 0.222 e. The zero-order chi connectivity index (χ0) is 15.8. The molecule has 1 amide bonds. The molecular weight excluding hydrogens is 274 g/mol. The highest BCUT2D eigenvalue weighted by Crippen LogP contribution is 2.17. The van der Waals surface area contributed by atoms with E-state index in [1.54, 1.807) is 0 Å². The van der Waals surface area contributed by atoms with E-state index in [0.717, 1.165) is 56.9 Å². The van der Waals surface area contributed by atoms with E-state index in [9.17, 15) is 4.79 Å². The summed E-state index contributed by atoms with van der Waals surface area (Å²) in [6.07, 6.45) is 5.96. The van der Waals surface area contributed by atoms with Crippen LogP contribution in [0.1, 0.15) is 51.5 Å². The summed E-state index contributed by atoms with van der Waals surface area (Å²) < 4.78 is 5.72. The summed E-state index contributed by atoms with van der Waals surface area (Å²) in [4.78, 5) is 14.1. The van der Waals surface area contributed by atoms with Gasteiger partial charge in [0.15, 0.2) is 0 Å². The highest BCUT2D eigenvalue weighted by atomic mass is 16.5. The summed E-state index contributed by atoms with van der Waals surface area (Å²) in [6, 6.07) is 8.30. The Kier molecular flexibility index (Phi) is 6.75. The number of ether oxygens (including phenoxy) is 1. The van der Waals surface area contributed by atoms with E-state index >= 15 is 0 Å². The van der Waals surface area contributed by atoms with E-state index in [-0.39, 0.29) is 5.91 Å². The van der Waals surface area contributed by atoms with Gasteiger partial charge in [-0.25, -0.2) is 0 Å². The van der Waals surface area contributed by atoms with Gasteiger partial charge in [-0.05, 0) is 49.3 Å². The number of rotatable bonds is 7. The summed E-state index contributed by atoms with van der Waals surface area (Å²) in [5.74, 6) is 1.95. The predicted octanol–water partition coefficient (Wildman–Crippen LogP) is 4.06. The first kappa shape index (κ1) is 16.9. The Morgan fingerprint density at radius 3 is 2.55 bits per heavy atom. The van der Waals surface area contributed by atoms with Gasteiger partial charge in [0.1, 0.15) is 5.75 Å². The van der Waals surface area contributed by atoms with Crippen molar-refractivity contribution in [2.75, 3.05) is 19.7 Å². The van der Waals surface area contributed by atoms with Crippen molar-refractivity contribution in [1.29, 1.82) is 0 Å². The summed E-state index contributed by atoms with van der Waals surface area (Å²) in [7, 11) is 0. The smallest absolute Gasteiger partial charge is 0.222 e. The fourth-order valence-corrected chi connectivity index (χ4v) is 2.87. The number of piperidine rings is 1. The maximum atomic E-state index is 12.1. The molecule has 1 aromatic rings. The second-order valence-corrected chi connectivity index (χ2v) is 6.41. The summed E-state index contributed by atoms with van der Waals surface area (Å²) in [5.41, 5.74) is 1.35. The number of aryl methyl sites for hydroxylation is 1. The Morgan fingerprint density at radius 1 is 1.23 bits per heavy atom. The van der Waals surface area contributed by atoms with Crippen LogP contribution < -0.4 is 4.74 Å². The van der Waals surface area contributed by atoms with Gasteiger partial charge >= 0.3 is 0 Å². The first-order valence-electron chi connectivity index (χ1n) is 8.68. The molecule has 0 unspecified atom stereocenters. The Bertz CT molecular complexity index is 447. The van der Waals surface area contributed by atoms with E-state index in [1.165, 1.54) is 5.56 Å². The molecule has 3 nitrogen and oxygen atoms in total. The molecule has 0 spiro atoms. The Morgan fingerprint density at radius 2 is 1.91 bits per heavy atom. The average Bonchev–Trinajstić information content (AvgIpc) is 2.54. The number of benzene rings is 1.